The highest BCUT2D eigenvalue weighted by Crippen LogP contribution is 2.11. The van der Waals surface area contributed by atoms with E-state index in [-0.39, 0.29) is 0 Å². The van der Waals surface area contributed by atoms with Crippen molar-refractivity contribution in [1.82, 2.24) is 5.01 Å². The van der Waals surface area contributed by atoms with Crippen molar-refractivity contribution in [3.05, 3.63) is 11.3 Å². The third-order valence-corrected chi connectivity index (χ3v) is 1.43. The van der Waals surface area contributed by atoms with Gasteiger partial charge in [0.25, 0.3) is 0 Å². The smallest absolute Gasteiger partial charge is 0.0624 e. The maximum atomic E-state index is 3.92. The number of hydrogen-bond donors (Lipinski definition) is 0. The molecule has 0 aliphatic carbocycles. The number of allylic oxidation sites excluding steroid dienone is 1. The van der Waals surface area contributed by atoms with Crippen LogP contribution >= 0.6 is 0 Å². The topological polar surface area (TPSA) is 28.0 Å². The number of nitrogens with zero attached hydrogens (tertiary/aromatic N) is 3. The van der Waals surface area contributed by atoms with Crippen molar-refractivity contribution in [2.75, 3.05) is 13.6 Å². The van der Waals surface area contributed by atoms with Crippen LogP contribution in [0.25, 0.3) is 0 Å². The summed E-state index contributed by atoms with van der Waals surface area (Å²) in [5, 5.41) is 9.61. The number of hydrogen-bond acceptors (Lipinski definition) is 3. The second kappa shape index (κ2) is 2.17. The Morgan fingerprint density at radius 3 is 2.56 bits per heavy atom. The molecule has 0 atom stereocenters. The second-order valence-electron chi connectivity index (χ2n) is 2.37. The monoisotopic (exact) mass is 125 g/mol. The van der Waals surface area contributed by atoms with Gasteiger partial charge < -0.3 is 0 Å². The van der Waals surface area contributed by atoms with E-state index in [4.69, 9.17) is 0 Å². The molecular formula is C6H11N3. The maximum Gasteiger partial charge on any atom is 0.0624 e. The quantitative estimate of drug-likeness (QED) is 0.483. The molecule has 1 aliphatic heterocycles. The Labute approximate surface area is 55.0 Å². The van der Waals surface area contributed by atoms with E-state index in [0.29, 0.717) is 0 Å². The first-order chi connectivity index (χ1) is 4.20. The highest BCUT2D eigenvalue weighted by atomic mass is 15.5. The maximum absolute atomic E-state index is 3.92. The molecule has 0 aromatic heterocycles. The Morgan fingerprint density at radius 1 is 1.44 bits per heavy atom. The summed E-state index contributed by atoms with van der Waals surface area (Å²) in [6, 6.07) is 0. The van der Waals surface area contributed by atoms with Crippen LogP contribution in [0.2, 0.25) is 0 Å². The van der Waals surface area contributed by atoms with Crippen LogP contribution in [-0.2, 0) is 0 Å². The molecule has 1 rings (SSSR count). The summed E-state index contributed by atoms with van der Waals surface area (Å²) < 4.78 is 0. The molecule has 0 spiro atoms. The molecule has 0 bridgehead atoms. The molecule has 1 aliphatic rings. The lowest BCUT2D eigenvalue weighted by molar-refractivity contribution is 0.344. The minimum atomic E-state index is 0.912. The summed E-state index contributed by atoms with van der Waals surface area (Å²) >= 11 is 0. The van der Waals surface area contributed by atoms with Crippen molar-refractivity contribution in [3.63, 3.8) is 0 Å². The molecule has 9 heavy (non-hydrogen) atoms. The molecular weight excluding hydrogens is 114 g/mol. The molecule has 1 heterocycles. The zero-order chi connectivity index (χ0) is 6.85. The first-order valence-electron chi connectivity index (χ1n) is 2.99. The third-order valence-electron chi connectivity index (χ3n) is 1.43. The predicted octanol–water partition coefficient (Wildman–Crippen LogP) is 1.59. The zero-order valence-corrected chi connectivity index (χ0v) is 6.05. The van der Waals surface area contributed by atoms with E-state index in [0.717, 1.165) is 12.2 Å². The van der Waals surface area contributed by atoms with Gasteiger partial charge in [-0.05, 0) is 19.4 Å². The van der Waals surface area contributed by atoms with Crippen molar-refractivity contribution in [2.45, 2.75) is 13.8 Å². The van der Waals surface area contributed by atoms with Crippen LogP contribution in [0.15, 0.2) is 21.6 Å². The molecule has 50 valence electrons. The van der Waals surface area contributed by atoms with Gasteiger partial charge in [-0.3, -0.25) is 5.01 Å². The largest absolute Gasteiger partial charge is 0.277 e. The fourth-order valence-electron chi connectivity index (χ4n) is 0.718. The second-order valence-corrected chi connectivity index (χ2v) is 2.37. The van der Waals surface area contributed by atoms with E-state index in [1.807, 2.05) is 19.0 Å². The fraction of sp³-hybridized carbons (Fsp3) is 0.667. The van der Waals surface area contributed by atoms with Crippen LogP contribution < -0.4 is 0 Å². The Hall–Kier alpha value is -0.860. The minimum absolute atomic E-state index is 0.912. The Balaban J connectivity index is 2.75. The molecule has 0 unspecified atom stereocenters. The highest BCUT2D eigenvalue weighted by Gasteiger charge is 2.04. The summed E-state index contributed by atoms with van der Waals surface area (Å²) in [6.07, 6.45) is 0. The molecule has 0 fully saturated rings. The van der Waals surface area contributed by atoms with E-state index in [2.05, 4.69) is 17.3 Å². The average Bonchev–Trinajstić information content (AvgIpc) is 1.80. The molecule has 0 amide bonds. The van der Waals surface area contributed by atoms with E-state index in [1.165, 1.54) is 5.57 Å². The molecule has 3 nitrogen and oxygen atoms in total. The lowest BCUT2D eigenvalue weighted by atomic mass is 10.2. The van der Waals surface area contributed by atoms with Crippen molar-refractivity contribution in [2.24, 2.45) is 10.3 Å². The van der Waals surface area contributed by atoms with Crippen molar-refractivity contribution in [3.8, 4) is 0 Å². The minimum Gasteiger partial charge on any atom is -0.277 e. The Kier molecular flexibility index (Phi) is 1.51. The lowest BCUT2D eigenvalue weighted by Crippen LogP contribution is -2.16. The van der Waals surface area contributed by atoms with E-state index >= 15 is 0 Å². The first-order valence-corrected chi connectivity index (χ1v) is 2.99. The van der Waals surface area contributed by atoms with Gasteiger partial charge in [0.1, 0.15) is 0 Å². The first kappa shape index (κ1) is 6.26. The Bertz CT molecular complexity index is 169. The van der Waals surface area contributed by atoms with Gasteiger partial charge in [0.15, 0.2) is 0 Å². The van der Waals surface area contributed by atoms with Gasteiger partial charge in [-0.2, -0.15) is 0 Å². The van der Waals surface area contributed by atoms with Crippen LogP contribution in [0, 0.1) is 0 Å². The van der Waals surface area contributed by atoms with Crippen LogP contribution in [-0.4, -0.2) is 18.6 Å². The SMILES string of the molecule is CC1=C(C)N=NN(C)C1. The summed E-state index contributed by atoms with van der Waals surface area (Å²) in [5.74, 6) is 0. The molecule has 0 aromatic carbocycles. The third kappa shape index (κ3) is 1.28. The highest BCUT2D eigenvalue weighted by molar-refractivity contribution is 5.10. The van der Waals surface area contributed by atoms with Gasteiger partial charge in [-0.15, -0.1) is 5.11 Å². The van der Waals surface area contributed by atoms with E-state index in [9.17, 15) is 0 Å². The molecule has 0 saturated heterocycles. The molecule has 0 radical (unpaired) electrons. The van der Waals surface area contributed by atoms with E-state index < -0.39 is 0 Å². The van der Waals surface area contributed by atoms with Gasteiger partial charge in [0.2, 0.25) is 0 Å². The standard InChI is InChI=1S/C6H11N3/c1-5-4-9(3)8-7-6(5)2/h4H2,1-3H3. The van der Waals surface area contributed by atoms with Crippen molar-refractivity contribution in [1.29, 1.82) is 0 Å². The summed E-state index contributed by atoms with van der Waals surface area (Å²) in [7, 11) is 1.92. The zero-order valence-electron chi connectivity index (χ0n) is 6.05. The normalized spacial score (nSPS) is 19.2. The van der Waals surface area contributed by atoms with Gasteiger partial charge in [0, 0.05) is 7.05 Å². The predicted molar refractivity (Wildman–Crippen MR) is 35.9 cm³/mol. The van der Waals surface area contributed by atoms with Gasteiger partial charge in [-0.25, -0.2) is 0 Å². The lowest BCUT2D eigenvalue weighted by Gasteiger charge is -2.16. The number of rotatable bonds is 0. The van der Waals surface area contributed by atoms with Crippen LogP contribution in [0.3, 0.4) is 0 Å². The van der Waals surface area contributed by atoms with Crippen LogP contribution in [0.5, 0.6) is 0 Å². The van der Waals surface area contributed by atoms with E-state index in [1.54, 1.807) is 0 Å². The Morgan fingerprint density at radius 2 is 2.11 bits per heavy atom. The average molecular weight is 125 g/mol. The summed E-state index contributed by atoms with van der Waals surface area (Å²) in [4.78, 5) is 0. The summed E-state index contributed by atoms with van der Waals surface area (Å²) in [5.41, 5.74) is 2.35. The van der Waals surface area contributed by atoms with Crippen molar-refractivity contribution < 1.29 is 0 Å². The summed E-state index contributed by atoms with van der Waals surface area (Å²) in [6.45, 7) is 4.96. The van der Waals surface area contributed by atoms with Gasteiger partial charge >= 0.3 is 0 Å². The van der Waals surface area contributed by atoms with Gasteiger partial charge in [-0.1, -0.05) is 5.22 Å². The van der Waals surface area contributed by atoms with Crippen LogP contribution in [0.4, 0.5) is 0 Å². The van der Waals surface area contributed by atoms with Crippen LogP contribution in [0.1, 0.15) is 13.8 Å². The molecule has 0 saturated carbocycles. The molecule has 0 aromatic rings. The van der Waals surface area contributed by atoms with Crippen molar-refractivity contribution >= 4 is 0 Å². The molecule has 3 heteroatoms. The number of likely N-dealkylation sites (N-methyl/N-ethyl adjacent to an activating group) is 1. The van der Waals surface area contributed by atoms with Gasteiger partial charge in [0.05, 0.1) is 12.2 Å². The fourth-order valence-corrected chi connectivity index (χ4v) is 0.718. The molecule has 0 N–H and O–H groups in total.